The van der Waals surface area contributed by atoms with Gasteiger partial charge in [-0.25, -0.2) is 0 Å². The molecule has 2 nitrogen and oxygen atoms in total. The molecule has 2 N–H and O–H groups in total. The van der Waals surface area contributed by atoms with E-state index >= 15 is 0 Å². The predicted molar refractivity (Wildman–Crippen MR) is 90.2 cm³/mol. The van der Waals surface area contributed by atoms with Crippen LogP contribution < -0.4 is 5.32 Å². The fourth-order valence-corrected chi connectivity index (χ4v) is 3.74. The highest BCUT2D eigenvalue weighted by Crippen LogP contribution is 2.51. The second-order valence-electron chi connectivity index (χ2n) is 7.21. The van der Waals surface area contributed by atoms with E-state index in [1.165, 1.54) is 5.56 Å². The molecule has 1 aromatic carbocycles. The first-order valence-electron chi connectivity index (χ1n) is 9.19. The summed E-state index contributed by atoms with van der Waals surface area (Å²) < 4.78 is 77.5. The maximum Gasteiger partial charge on any atom is 0.426 e. The number of unbranched alkanes of at least 4 members (excludes halogenated alkanes) is 1. The van der Waals surface area contributed by atoms with Crippen molar-refractivity contribution in [3.8, 4) is 0 Å². The molecule has 0 atom stereocenters. The average molecular weight is 397 g/mol. The first-order valence-corrected chi connectivity index (χ1v) is 9.19. The van der Waals surface area contributed by atoms with Crippen LogP contribution in [0.4, 0.5) is 26.3 Å². The van der Waals surface area contributed by atoms with Gasteiger partial charge in [-0.05, 0) is 57.1 Å². The molecule has 0 aliphatic heterocycles. The third-order valence-corrected chi connectivity index (χ3v) is 5.35. The summed E-state index contributed by atoms with van der Waals surface area (Å²) in [7, 11) is 0. The summed E-state index contributed by atoms with van der Waals surface area (Å²) in [5.41, 5.74) is -3.39. The Labute approximate surface area is 155 Å². The monoisotopic (exact) mass is 397 g/mol. The Morgan fingerprint density at radius 1 is 0.852 bits per heavy atom. The van der Waals surface area contributed by atoms with E-state index < -0.39 is 23.9 Å². The van der Waals surface area contributed by atoms with Gasteiger partial charge in [-0.2, -0.15) is 26.3 Å². The van der Waals surface area contributed by atoms with Gasteiger partial charge >= 0.3 is 12.4 Å². The molecule has 0 saturated heterocycles. The molecule has 0 aromatic heterocycles. The number of aryl methyl sites for hydroxylation is 1. The third kappa shape index (κ3) is 5.38. The molecule has 0 radical (unpaired) electrons. The van der Waals surface area contributed by atoms with Crippen LogP contribution in [-0.4, -0.2) is 35.6 Å². The van der Waals surface area contributed by atoms with Gasteiger partial charge < -0.3 is 10.4 Å². The van der Waals surface area contributed by atoms with Crippen LogP contribution in [0.15, 0.2) is 30.3 Å². The summed E-state index contributed by atoms with van der Waals surface area (Å²) >= 11 is 0. The Bertz CT molecular complexity index is 550. The lowest BCUT2D eigenvalue weighted by Crippen LogP contribution is -2.62. The van der Waals surface area contributed by atoms with Gasteiger partial charge in [0.25, 0.3) is 5.60 Å². The van der Waals surface area contributed by atoms with Crippen molar-refractivity contribution in [3.05, 3.63) is 35.9 Å². The number of hydrogen-bond acceptors (Lipinski definition) is 2. The Morgan fingerprint density at radius 2 is 1.41 bits per heavy atom. The smallest absolute Gasteiger partial charge is 0.373 e. The average Bonchev–Trinajstić information content (AvgIpc) is 2.60. The van der Waals surface area contributed by atoms with E-state index in [0.717, 1.165) is 19.3 Å². The Balaban J connectivity index is 1.74. The van der Waals surface area contributed by atoms with Gasteiger partial charge in [-0.1, -0.05) is 30.3 Å². The van der Waals surface area contributed by atoms with Gasteiger partial charge in [0.05, 0.1) is 0 Å². The molecule has 27 heavy (non-hydrogen) atoms. The van der Waals surface area contributed by atoms with E-state index in [1.54, 1.807) is 0 Å². The maximum atomic E-state index is 12.9. The van der Waals surface area contributed by atoms with Crippen molar-refractivity contribution in [2.75, 3.05) is 6.54 Å². The zero-order chi connectivity index (χ0) is 20.1. The molecule has 0 spiro atoms. The van der Waals surface area contributed by atoms with Gasteiger partial charge in [0, 0.05) is 12.0 Å². The Hall–Kier alpha value is -1.28. The highest BCUT2D eigenvalue weighted by atomic mass is 19.4. The molecule has 0 amide bonds. The predicted octanol–water partition coefficient (Wildman–Crippen LogP) is 5.01. The van der Waals surface area contributed by atoms with Crippen molar-refractivity contribution in [3.63, 3.8) is 0 Å². The molecule has 1 aliphatic rings. The SMILES string of the molecule is OC(C1CCC(NCCCCc2ccccc2)CC1)(C(F)(F)F)C(F)(F)F. The molecule has 1 aliphatic carbocycles. The quantitative estimate of drug-likeness (QED) is 0.501. The number of aliphatic hydroxyl groups is 1. The van der Waals surface area contributed by atoms with Crippen molar-refractivity contribution >= 4 is 0 Å². The minimum atomic E-state index is -5.73. The highest BCUT2D eigenvalue weighted by molar-refractivity contribution is 5.14. The topological polar surface area (TPSA) is 32.3 Å². The van der Waals surface area contributed by atoms with Gasteiger partial charge in [0.2, 0.25) is 0 Å². The van der Waals surface area contributed by atoms with Gasteiger partial charge in [-0.3, -0.25) is 0 Å². The van der Waals surface area contributed by atoms with Crippen LogP contribution in [0.5, 0.6) is 0 Å². The molecule has 0 unspecified atom stereocenters. The summed E-state index contributed by atoms with van der Waals surface area (Å²) in [6.07, 6.45) is -8.93. The largest absolute Gasteiger partial charge is 0.426 e. The number of rotatable bonds is 7. The van der Waals surface area contributed by atoms with E-state index in [2.05, 4.69) is 5.32 Å². The van der Waals surface area contributed by atoms with Crippen molar-refractivity contribution < 1.29 is 31.4 Å². The number of benzene rings is 1. The molecule has 1 fully saturated rings. The lowest BCUT2D eigenvalue weighted by Gasteiger charge is -2.42. The van der Waals surface area contributed by atoms with Crippen LogP contribution in [-0.2, 0) is 6.42 Å². The summed E-state index contributed by atoms with van der Waals surface area (Å²) in [5, 5.41) is 12.7. The minimum absolute atomic E-state index is 0.108. The second-order valence-corrected chi connectivity index (χ2v) is 7.21. The standard InChI is InChI=1S/C19H25F6NO/c20-18(21,22)17(27,19(23,24)25)15-9-11-16(12-10-15)26-13-5-4-8-14-6-2-1-3-7-14/h1-3,6-7,15-16,26-27H,4-5,8-13H2. The molecular formula is C19H25F6NO. The molecule has 1 aromatic rings. The lowest BCUT2D eigenvalue weighted by molar-refractivity contribution is -0.387. The molecule has 2 rings (SSSR count). The van der Waals surface area contributed by atoms with Gasteiger partial charge in [-0.15, -0.1) is 0 Å². The van der Waals surface area contributed by atoms with Crippen molar-refractivity contribution in [1.82, 2.24) is 5.32 Å². The summed E-state index contributed by atoms with van der Waals surface area (Å²) in [6.45, 7) is 0.672. The van der Waals surface area contributed by atoms with Crippen LogP contribution in [0.1, 0.15) is 44.1 Å². The maximum absolute atomic E-state index is 12.9. The van der Waals surface area contributed by atoms with Gasteiger partial charge in [0.1, 0.15) is 0 Å². The molecule has 1 saturated carbocycles. The van der Waals surface area contributed by atoms with E-state index in [4.69, 9.17) is 0 Å². The van der Waals surface area contributed by atoms with E-state index in [-0.39, 0.29) is 31.7 Å². The van der Waals surface area contributed by atoms with E-state index in [9.17, 15) is 31.4 Å². The number of hydrogen-bond donors (Lipinski definition) is 2. The number of halogens is 6. The Morgan fingerprint density at radius 3 is 1.93 bits per heavy atom. The molecule has 0 heterocycles. The minimum Gasteiger partial charge on any atom is -0.373 e. The van der Waals surface area contributed by atoms with Crippen molar-refractivity contribution in [2.24, 2.45) is 5.92 Å². The molecular weight excluding hydrogens is 372 g/mol. The molecule has 0 bridgehead atoms. The fourth-order valence-electron chi connectivity index (χ4n) is 3.74. The van der Waals surface area contributed by atoms with E-state index in [0.29, 0.717) is 6.54 Å². The molecule has 154 valence electrons. The van der Waals surface area contributed by atoms with Crippen LogP contribution in [0.25, 0.3) is 0 Å². The van der Waals surface area contributed by atoms with E-state index in [1.807, 2.05) is 30.3 Å². The highest BCUT2D eigenvalue weighted by Gasteiger charge is 2.73. The van der Waals surface area contributed by atoms with Crippen LogP contribution in [0.3, 0.4) is 0 Å². The zero-order valence-corrected chi connectivity index (χ0v) is 14.9. The van der Waals surface area contributed by atoms with Crippen molar-refractivity contribution in [1.29, 1.82) is 0 Å². The summed E-state index contributed by atoms with van der Waals surface area (Å²) in [4.78, 5) is 0. The first-order chi connectivity index (χ1) is 12.6. The Kier molecular flexibility index (Phi) is 7.19. The number of nitrogens with one attached hydrogen (secondary N) is 1. The molecule has 8 heteroatoms. The normalized spacial score (nSPS) is 22.0. The fraction of sp³-hybridized carbons (Fsp3) is 0.684. The first kappa shape index (κ1) is 22.0. The van der Waals surface area contributed by atoms with Gasteiger partial charge in [0.15, 0.2) is 0 Å². The van der Waals surface area contributed by atoms with Crippen LogP contribution in [0, 0.1) is 5.92 Å². The zero-order valence-electron chi connectivity index (χ0n) is 14.9. The van der Waals surface area contributed by atoms with Crippen LogP contribution in [0.2, 0.25) is 0 Å². The van der Waals surface area contributed by atoms with Crippen LogP contribution >= 0.6 is 0 Å². The second kappa shape index (κ2) is 8.82. The summed E-state index contributed by atoms with van der Waals surface area (Å²) in [6, 6.07) is 9.85. The lowest BCUT2D eigenvalue weighted by atomic mass is 9.74. The number of alkyl halides is 6. The third-order valence-electron chi connectivity index (χ3n) is 5.35. The summed E-state index contributed by atoms with van der Waals surface area (Å²) in [5.74, 6) is -1.85. The van der Waals surface area contributed by atoms with Crippen molar-refractivity contribution in [2.45, 2.75) is 68.9 Å².